The highest BCUT2D eigenvalue weighted by Gasteiger charge is 2.34. The van der Waals surface area contributed by atoms with Crippen LogP contribution in [-0.4, -0.2) is 30.0 Å². The summed E-state index contributed by atoms with van der Waals surface area (Å²) in [5.74, 6) is -1.90. The van der Waals surface area contributed by atoms with Gasteiger partial charge in [0.05, 0.1) is 22.9 Å². The van der Waals surface area contributed by atoms with Gasteiger partial charge in [-0.3, -0.25) is 9.59 Å². The van der Waals surface area contributed by atoms with Crippen LogP contribution >= 0.6 is 0 Å². The van der Waals surface area contributed by atoms with Crippen molar-refractivity contribution in [1.29, 1.82) is 0 Å². The first-order valence-electron chi connectivity index (χ1n) is 9.75. The molecule has 0 bridgehead atoms. The molecule has 1 aromatic heterocycles. The predicted octanol–water partition coefficient (Wildman–Crippen LogP) is 2.17. The largest absolute Gasteiger partial charge is 0.344 e. The Hall–Kier alpha value is -3.46. The van der Waals surface area contributed by atoms with E-state index in [2.05, 4.69) is 15.7 Å². The molecule has 1 aliphatic heterocycles. The molecule has 1 aliphatic rings. The fourth-order valence-electron chi connectivity index (χ4n) is 3.61. The van der Waals surface area contributed by atoms with Gasteiger partial charge in [-0.15, -0.1) is 0 Å². The maximum Gasteiger partial charge on any atom is 0.314 e. The van der Waals surface area contributed by atoms with Crippen LogP contribution in [0, 0.1) is 13.8 Å². The quantitative estimate of drug-likeness (QED) is 0.607. The molecule has 160 valence electrons. The molecule has 9 heteroatoms. The maximum absolute atomic E-state index is 12.6. The molecule has 8 nitrogen and oxygen atoms in total. The van der Waals surface area contributed by atoms with Gasteiger partial charge in [-0.25, -0.2) is 13.1 Å². The number of carbonyl (C=O) groups is 2. The van der Waals surface area contributed by atoms with Crippen LogP contribution in [0.3, 0.4) is 0 Å². The van der Waals surface area contributed by atoms with E-state index in [1.54, 1.807) is 0 Å². The van der Waals surface area contributed by atoms with E-state index in [0.29, 0.717) is 16.9 Å². The molecule has 2 heterocycles. The Morgan fingerprint density at radius 2 is 1.77 bits per heavy atom. The number of hydrogen-bond donors (Lipinski definition) is 2. The van der Waals surface area contributed by atoms with Gasteiger partial charge in [0.15, 0.2) is 9.84 Å². The van der Waals surface area contributed by atoms with Gasteiger partial charge in [-0.05, 0) is 31.0 Å². The smallest absolute Gasteiger partial charge is 0.314 e. The Balaban J connectivity index is 1.62. The second-order valence-corrected chi connectivity index (χ2v) is 9.69. The number of nitrogens with one attached hydrogen (secondary N) is 2. The van der Waals surface area contributed by atoms with Crippen molar-refractivity contribution in [2.75, 3.05) is 5.32 Å². The van der Waals surface area contributed by atoms with Gasteiger partial charge < -0.3 is 10.6 Å². The van der Waals surface area contributed by atoms with Crippen molar-refractivity contribution in [3.8, 4) is 5.69 Å². The highest BCUT2D eigenvalue weighted by molar-refractivity contribution is 7.90. The van der Waals surface area contributed by atoms with Crippen LogP contribution in [0.4, 0.5) is 5.82 Å². The van der Waals surface area contributed by atoms with E-state index in [1.807, 2.05) is 62.4 Å². The van der Waals surface area contributed by atoms with Crippen LogP contribution in [0.5, 0.6) is 0 Å². The second kappa shape index (κ2) is 7.99. The molecule has 0 aliphatic carbocycles. The van der Waals surface area contributed by atoms with Crippen LogP contribution in [0.2, 0.25) is 0 Å². The fraction of sp³-hybridized carbons (Fsp3) is 0.227. The van der Waals surface area contributed by atoms with Gasteiger partial charge in [-0.2, -0.15) is 5.10 Å². The number of carbonyl (C=O) groups excluding carboxylic acids is 2. The number of amides is 2. The summed E-state index contributed by atoms with van der Waals surface area (Å²) in [4.78, 5) is 25.0. The number of aryl methyl sites for hydroxylation is 2. The van der Waals surface area contributed by atoms with Gasteiger partial charge in [-0.1, -0.05) is 48.0 Å². The summed E-state index contributed by atoms with van der Waals surface area (Å²) in [5, 5.41) is 9.61. The van der Waals surface area contributed by atoms with Crippen LogP contribution in [0.1, 0.15) is 27.9 Å². The molecule has 2 aromatic carbocycles. The molecule has 2 amide bonds. The van der Waals surface area contributed by atoms with Gasteiger partial charge in [0.2, 0.25) is 0 Å². The minimum absolute atomic E-state index is 0.191. The molecule has 3 aromatic rings. The van der Waals surface area contributed by atoms with E-state index >= 15 is 0 Å². The lowest BCUT2D eigenvalue weighted by molar-refractivity contribution is -0.136. The zero-order valence-electron chi connectivity index (χ0n) is 17.2. The highest BCUT2D eigenvalue weighted by Crippen LogP contribution is 2.33. The molecule has 0 saturated heterocycles. The average molecular weight is 439 g/mol. The average Bonchev–Trinajstić information content (AvgIpc) is 3.19. The van der Waals surface area contributed by atoms with Crippen molar-refractivity contribution in [2.45, 2.75) is 31.9 Å². The van der Waals surface area contributed by atoms with Gasteiger partial charge >= 0.3 is 11.8 Å². The number of nitrogens with zero attached hydrogens (tertiary/aromatic N) is 2. The van der Waals surface area contributed by atoms with Crippen molar-refractivity contribution in [3.63, 3.8) is 0 Å². The minimum Gasteiger partial charge on any atom is -0.344 e. The first kappa shape index (κ1) is 20.8. The summed E-state index contributed by atoms with van der Waals surface area (Å²) in [6.07, 6.45) is 0. The summed E-state index contributed by atoms with van der Waals surface area (Å²) in [6, 6.07) is 15.0. The summed E-state index contributed by atoms with van der Waals surface area (Å²) < 4.78 is 25.7. The zero-order valence-corrected chi connectivity index (χ0v) is 18.0. The van der Waals surface area contributed by atoms with E-state index in [4.69, 9.17) is 0 Å². The Labute approximate surface area is 180 Å². The Bertz CT molecular complexity index is 1280. The Kier molecular flexibility index (Phi) is 5.36. The molecular weight excluding hydrogens is 416 g/mol. The van der Waals surface area contributed by atoms with Crippen molar-refractivity contribution < 1.29 is 18.0 Å². The summed E-state index contributed by atoms with van der Waals surface area (Å²) in [6.45, 7) is 4.08. The van der Waals surface area contributed by atoms with Crippen molar-refractivity contribution in [2.24, 2.45) is 0 Å². The third-order valence-electron chi connectivity index (χ3n) is 5.10. The monoisotopic (exact) mass is 438 g/mol. The van der Waals surface area contributed by atoms with E-state index in [0.717, 1.165) is 16.7 Å². The minimum atomic E-state index is -3.33. The SMILES string of the molecule is Cc1ccc(-n2nc3c(c2NC(=O)C(=O)NCc2ccccc2)CS(=O)(=O)C3)c(C)c1. The second-order valence-electron chi connectivity index (χ2n) is 7.63. The van der Waals surface area contributed by atoms with Crippen molar-refractivity contribution >= 4 is 27.5 Å². The summed E-state index contributed by atoms with van der Waals surface area (Å²) >= 11 is 0. The van der Waals surface area contributed by atoms with Crippen LogP contribution in [-0.2, 0) is 37.5 Å². The molecule has 0 saturated carbocycles. The summed E-state index contributed by atoms with van der Waals surface area (Å²) in [7, 11) is -3.33. The zero-order chi connectivity index (χ0) is 22.2. The van der Waals surface area contributed by atoms with E-state index in [1.165, 1.54) is 4.68 Å². The first-order valence-corrected chi connectivity index (χ1v) is 11.6. The Morgan fingerprint density at radius 1 is 1.03 bits per heavy atom. The normalized spacial score (nSPS) is 14.1. The maximum atomic E-state index is 12.6. The number of rotatable bonds is 4. The van der Waals surface area contributed by atoms with Crippen LogP contribution in [0.25, 0.3) is 5.69 Å². The third kappa shape index (κ3) is 4.36. The van der Waals surface area contributed by atoms with Crippen molar-refractivity contribution in [1.82, 2.24) is 15.1 Å². The van der Waals surface area contributed by atoms with E-state index in [9.17, 15) is 18.0 Å². The number of fused-ring (bicyclic) bond motifs is 1. The number of aromatic nitrogens is 2. The van der Waals surface area contributed by atoms with Gasteiger partial charge in [0.25, 0.3) is 0 Å². The number of benzene rings is 2. The van der Waals surface area contributed by atoms with Gasteiger partial charge in [0.1, 0.15) is 5.82 Å². The number of hydrogen-bond acceptors (Lipinski definition) is 5. The highest BCUT2D eigenvalue weighted by atomic mass is 32.2. The topological polar surface area (TPSA) is 110 Å². The molecule has 0 unspecified atom stereocenters. The lowest BCUT2D eigenvalue weighted by Gasteiger charge is -2.13. The molecular formula is C22H22N4O4S. The molecule has 4 rings (SSSR count). The fourth-order valence-corrected chi connectivity index (χ4v) is 5.10. The van der Waals surface area contributed by atoms with E-state index < -0.39 is 21.7 Å². The Morgan fingerprint density at radius 3 is 2.48 bits per heavy atom. The molecule has 2 N–H and O–H groups in total. The van der Waals surface area contributed by atoms with Gasteiger partial charge in [0, 0.05) is 12.1 Å². The molecule has 0 spiro atoms. The lowest BCUT2D eigenvalue weighted by Crippen LogP contribution is -2.35. The first-order chi connectivity index (χ1) is 14.7. The van der Waals surface area contributed by atoms with E-state index in [-0.39, 0.29) is 23.9 Å². The summed E-state index contributed by atoms with van der Waals surface area (Å²) in [5.41, 5.74) is 4.35. The lowest BCUT2D eigenvalue weighted by atomic mass is 10.1. The predicted molar refractivity (Wildman–Crippen MR) is 116 cm³/mol. The molecule has 0 atom stereocenters. The van der Waals surface area contributed by atoms with Crippen molar-refractivity contribution in [3.05, 3.63) is 76.5 Å². The number of sulfone groups is 1. The molecule has 31 heavy (non-hydrogen) atoms. The standard InChI is InChI=1S/C22H22N4O4S/c1-14-8-9-19(15(2)10-14)26-20(17-12-31(29,30)13-18(17)25-26)24-22(28)21(27)23-11-16-6-4-3-5-7-16/h3-10H,11-13H2,1-2H3,(H,23,27)(H,24,28). The van der Waals surface area contributed by atoms with Crippen LogP contribution in [0.15, 0.2) is 48.5 Å². The number of anilines is 1. The molecule has 0 fully saturated rings. The molecule has 0 radical (unpaired) electrons. The third-order valence-corrected chi connectivity index (χ3v) is 6.54. The van der Waals surface area contributed by atoms with Crippen LogP contribution < -0.4 is 10.6 Å².